The number of amides is 1. The number of carboxylic acid groups (broad SMARTS) is 1. The molecule has 1 unspecified atom stereocenters. The summed E-state index contributed by atoms with van der Waals surface area (Å²) in [6, 6.07) is 3.49. The van der Waals surface area contributed by atoms with E-state index in [1.165, 1.54) is 4.57 Å². The molecule has 0 aliphatic rings. The number of carbonyl (C=O) groups is 2. The van der Waals surface area contributed by atoms with Crippen molar-refractivity contribution >= 4 is 11.9 Å². The zero-order valence-corrected chi connectivity index (χ0v) is 10.9. The summed E-state index contributed by atoms with van der Waals surface area (Å²) in [6.45, 7) is 2.31. The summed E-state index contributed by atoms with van der Waals surface area (Å²) in [5.74, 6) is -1.23. The first-order valence-corrected chi connectivity index (χ1v) is 5.73. The van der Waals surface area contributed by atoms with Gasteiger partial charge in [-0.2, -0.15) is 0 Å². The lowest BCUT2D eigenvalue weighted by molar-refractivity contribution is -0.137. The van der Waals surface area contributed by atoms with Crippen molar-refractivity contribution in [1.82, 2.24) is 14.8 Å². The Labute approximate surface area is 106 Å². The van der Waals surface area contributed by atoms with Gasteiger partial charge in [0.05, 0.1) is 0 Å². The van der Waals surface area contributed by atoms with Gasteiger partial charge in [-0.05, 0) is 33.2 Å². The molecule has 0 fully saturated rings. The van der Waals surface area contributed by atoms with Crippen LogP contribution < -0.4 is 5.32 Å². The van der Waals surface area contributed by atoms with Gasteiger partial charge in [-0.1, -0.05) is 0 Å². The van der Waals surface area contributed by atoms with Crippen molar-refractivity contribution in [2.75, 3.05) is 20.6 Å². The molecule has 100 valence electrons. The van der Waals surface area contributed by atoms with Gasteiger partial charge in [-0.15, -0.1) is 0 Å². The molecule has 0 aliphatic heterocycles. The Morgan fingerprint density at radius 1 is 1.50 bits per heavy atom. The molecular formula is C12H19N3O3. The summed E-state index contributed by atoms with van der Waals surface area (Å²) in [4.78, 5) is 24.5. The maximum absolute atomic E-state index is 11.9. The van der Waals surface area contributed by atoms with E-state index in [1.54, 1.807) is 18.3 Å². The predicted molar refractivity (Wildman–Crippen MR) is 67.6 cm³/mol. The van der Waals surface area contributed by atoms with Crippen LogP contribution in [-0.4, -0.2) is 53.1 Å². The Balaban J connectivity index is 2.62. The molecule has 1 heterocycles. The molecule has 0 radical (unpaired) electrons. The van der Waals surface area contributed by atoms with E-state index in [0.717, 1.165) is 0 Å². The number of hydrogen-bond donors (Lipinski definition) is 2. The minimum atomic E-state index is -0.970. The number of likely N-dealkylation sites (N-methyl/N-ethyl adjacent to an activating group) is 1. The molecule has 6 heteroatoms. The zero-order chi connectivity index (χ0) is 13.7. The highest BCUT2D eigenvalue weighted by molar-refractivity contribution is 5.93. The largest absolute Gasteiger partial charge is 0.480 e. The molecule has 0 aromatic carbocycles. The van der Waals surface area contributed by atoms with Gasteiger partial charge in [0.2, 0.25) is 0 Å². The third-order valence-electron chi connectivity index (χ3n) is 2.81. The van der Waals surface area contributed by atoms with E-state index in [-0.39, 0.29) is 18.5 Å². The topological polar surface area (TPSA) is 74.6 Å². The number of carbonyl (C=O) groups excluding carboxylic acids is 1. The first kappa shape index (κ1) is 14.2. The zero-order valence-electron chi connectivity index (χ0n) is 10.9. The predicted octanol–water partition coefficient (Wildman–Crippen LogP) is 0.253. The van der Waals surface area contributed by atoms with Crippen molar-refractivity contribution in [1.29, 1.82) is 0 Å². The van der Waals surface area contributed by atoms with Gasteiger partial charge in [-0.3, -0.25) is 9.59 Å². The number of nitrogens with one attached hydrogen (secondary N) is 1. The van der Waals surface area contributed by atoms with Crippen molar-refractivity contribution < 1.29 is 14.7 Å². The lowest BCUT2D eigenvalue weighted by Crippen LogP contribution is -2.38. The summed E-state index contributed by atoms with van der Waals surface area (Å²) < 4.78 is 1.41. The molecule has 1 aromatic rings. The van der Waals surface area contributed by atoms with Crippen LogP contribution in [0.25, 0.3) is 0 Å². The van der Waals surface area contributed by atoms with Crippen LogP contribution in [0.4, 0.5) is 0 Å². The summed E-state index contributed by atoms with van der Waals surface area (Å²) >= 11 is 0. The summed E-state index contributed by atoms with van der Waals surface area (Å²) in [7, 11) is 3.87. The molecule has 18 heavy (non-hydrogen) atoms. The van der Waals surface area contributed by atoms with Crippen LogP contribution in [0.15, 0.2) is 18.3 Å². The fraction of sp³-hybridized carbons (Fsp3) is 0.500. The van der Waals surface area contributed by atoms with Crippen LogP contribution in [0.2, 0.25) is 0 Å². The van der Waals surface area contributed by atoms with Crippen LogP contribution in [-0.2, 0) is 11.3 Å². The number of nitrogens with zero attached hydrogens (tertiary/aromatic N) is 2. The summed E-state index contributed by atoms with van der Waals surface area (Å²) in [5, 5.41) is 11.5. The van der Waals surface area contributed by atoms with Crippen LogP contribution in [0.1, 0.15) is 17.4 Å². The number of carboxylic acids is 1. The molecular weight excluding hydrogens is 234 g/mol. The Bertz CT molecular complexity index is 426. The van der Waals surface area contributed by atoms with Crippen molar-refractivity contribution in [2.45, 2.75) is 19.5 Å². The fourth-order valence-electron chi connectivity index (χ4n) is 1.42. The average Bonchev–Trinajstić information content (AvgIpc) is 2.72. The summed E-state index contributed by atoms with van der Waals surface area (Å²) in [6.07, 6.45) is 1.58. The van der Waals surface area contributed by atoms with Crippen LogP contribution in [0, 0.1) is 0 Å². The quantitative estimate of drug-likeness (QED) is 0.762. The Hall–Kier alpha value is -1.82. The Kier molecular flexibility index (Phi) is 4.91. The Morgan fingerprint density at radius 3 is 2.72 bits per heavy atom. The smallest absolute Gasteiger partial charge is 0.323 e. The number of aromatic nitrogens is 1. The third kappa shape index (κ3) is 3.89. The van der Waals surface area contributed by atoms with E-state index >= 15 is 0 Å². The van der Waals surface area contributed by atoms with Gasteiger partial charge in [0.15, 0.2) is 0 Å². The molecule has 6 nitrogen and oxygen atoms in total. The molecule has 1 rings (SSSR count). The van der Waals surface area contributed by atoms with Crippen LogP contribution >= 0.6 is 0 Å². The molecule has 0 saturated carbocycles. The highest BCUT2D eigenvalue weighted by Crippen LogP contribution is 2.02. The summed E-state index contributed by atoms with van der Waals surface area (Å²) in [5.41, 5.74) is 0.364. The van der Waals surface area contributed by atoms with Gasteiger partial charge in [0.1, 0.15) is 12.2 Å². The third-order valence-corrected chi connectivity index (χ3v) is 2.81. The van der Waals surface area contributed by atoms with Crippen LogP contribution in [0.5, 0.6) is 0 Å². The normalized spacial score (nSPS) is 12.4. The van der Waals surface area contributed by atoms with E-state index in [2.05, 4.69) is 5.32 Å². The molecule has 0 saturated heterocycles. The molecule has 1 aromatic heterocycles. The first-order valence-electron chi connectivity index (χ1n) is 5.73. The van der Waals surface area contributed by atoms with Gasteiger partial charge in [0.25, 0.3) is 5.91 Å². The Morgan fingerprint density at radius 2 is 2.17 bits per heavy atom. The molecule has 2 N–H and O–H groups in total. The number of hydrogen-bond acceptors (Lipinski definition) is 3. The highest BCUT2D eigenvalue weighted by Gasteiger charge is 2.13. The van der Waals surface area contributed by atoms with Gasteiger partial charge in [0, 0.05) is 18.8 Å². The lowest BCUT2D eigenvalue weighted by Gasteiger charge is -2.20. The second-order valence-electron chi connectivity index (χ2n) is 4.44. The molecule has 0 spiro atoms. The fourth-order valence-corrected chi connectivity index (χ4v) is 1.42. The van der Waals surface area contributed by atoms with Gasteiger partial charge in [-0.25, -0.2) is 0 Å². The first-order chi connectivity index (χ1) is 8.41. The van der Waals surface area contributed by atoms with E-state index in [0.29, 0.717) is 12.2 Å². The number of rotatable bonds is 6. The van der Waals surface area contributed by atoms with E-state index in [9.17, 15) is 9.59 Å². The number of aliphatic carboxylic acids is 1. The standard InChI is InChI=1S/C12H19N3O3/c1-9(14(2)3)7-13-12(18)10-5-4-6-15(10)8-11(16)17/h4-6,9H,7-8H2,1-3H3,(H,13,18)(H,16,17). The van der Waals surface area contributed by atoms with Crippen molar-refractivity contribution in [3.63, 3.8) is 0 Å². The van der Waals surface area contributed by atoms with E-state index in [4.69, 9.17) is 5.11 Å². The van der Waals surface area contributed by atoms with Crippen molar-refractivity contribution in [3.8, 4) is 0 Å². The average molecular weight is 253 g/mol. The maximum atomic E-state index is 11.9. The SMILES string of the molecule is CC(CNC(=O)c1cccn1CC(=O)O)N(C)C. The van der Waals surface area contributed by atoms with E-state index < -0.39 is 5.97 Å². The lowest BCUT2D eigenvalue weighted by atomic mass is 10.3. The van der Waals surface area contributed by atoms with Crippen molar-refractivity contribution in [3.05, 3.63) is 24.0 Å². The van der Waals surface area contributed by atoms with E-state index in [1.807, 2.05) is 25.9 Å². The minimum Gasteiger partial charge on any atom is -0.480 e. The van der Waals surface area contributed by atoms with Crippen molar-refractivity contribution in [2.24, 2.45) is 0 Å². The van der Waals surface area contributed by atoms with Crippen LogP contribution in [0.3, 0.4) is 0 Å². The molecule has 1 atom stereocenters. The van der Waals surface area contributed by atoms with Gasteiger partial charge < -0.3 is 19.9 Å². The molecule has 0 bridgehead atoms. The highest BCUT2D eigenvalue weighted by atomic mass is 16.4. The second kappa shape index (κ2) is 6.20. The monoisotopic (exact) mass is 253 g/mol. The van der Waals surface area contributed by atoms with Gasteiger partial charge >= 0.3 is 5.97 Å². The molecule has 1 amide bonds. The molecule has 0 aliphatic carbocycles. The minimum absolute atomic E-state index is 0.209. The maximum Gasteiger partial charge on any atom is 0.323 e. The second-order valence-corrected chi connectivity index (χ2v) is 4.44.